The van der Waals surface area contributed by atoms with Gasteiger partial charge in [-0.2, -0.15) is 0 Å². The smallest absolute Gasteiger partial charge is 0.269 e. The number of ether oxygens (including phenoxy) is 1. The van der Waals surface area contributed by atoms with Crippen molar-refractivity contribution in [2.24, 2.45) is 0 Å². The fraction of sp³-hybridized carbons (Fsp3) is 0.182. The summed E-state index contributed by atoms with van der Waals surface area (Å²) >= 11 is 5.08. The number of benzene rings is 3. The Kier molecular flexibility index (Phi) is 6.45. The second-order valence-electron chi connectivity index (χ2n) is 6.70. The number of rotatable bonds is 5. The van der Waals surface area contributed by atoms with Crippen LogP contribution in [0.25, 0.3) is 10.8 Å². The Bertz CT molecular complexity index is 971. The Hall–Kier alpha value is -3.12. The maximum absolute atomic E-state index is 12.2. The summed E-state index contributed by atoms with van der Waals surface area (Å²) in [6, 6.07) is 21.7. The van der Waals surface area contributed by atoms with Gasteiger partial charge >= 0.3 is 0 Å². The number of hydrogen-bond acceptors (Lipinski definition) is 3. The number of amides is 1. The quantitative estimate of drug-likeness (QED) is 0.453. The molecule has 0 fully saturated rings. The van der Waals surface area contributed by atoms with E-state index < -0.39 is 0 Å². The molecule has 3 rings (SSSR count). The zero-order valence-corrected chi connectivity index (χ0v) is 16.7. The molecule has 0 spiro atoms. The first-order valence-corrected chi connectivity index (χ1v) is 9.49. The highest BCUT2D eigenvalue weighted by atomic mass is 32.1. The van der Waals surface area contributed by atoms with Gasteiger partial charge in [-0.25, -0.2) is 0 Å². The van der Waals surface area contributed by atoms with Crippen LogP contribution in [0.1, 0.15) is 29.8 Å². The van der Waals surface area contributed by atoms with Crippen LogP contribution in [0.4, 0.5) is 0 Å². The molecule has 0 radical (unpaired) electrons. The number of fused-ring (bicyclic) bond motifs is 1. The van der Waals surface area contributed by atoms with Gasteiger partial charge in [0, 0.05) is 11.6 Å². The highest BCUT2D eigenvalue weighted by molar-refractivity contribution is 7.80. The third-order valence-electron chi connectivity index (χ3n) is 4.05. The van der Waals surface area contributed by atoms with E-state index in [2.05, 4.69) is 28.3 Å². The molecule has 3 N–H and O–H groups in total. The topological polar surface area (TPSA) is 62.4 Å². The minimum absolute atomic E-state index is 0.193. The van der Waals surface area contributed by atoms with Gasteiger partial charge in [-0.1, -0.05) is 42.5 Å². The molecule has 6 heteroatoms. The highest BCUT2D eigenvalue weighted by Gasteiger charge is 2.06. The van der Waals surface area contributed by atoms with E-state index in [1.165, 1.54) is 5.39 Å². The minimum atomic E-state index is -0.255. The van der Waals surface area contributed by atoms with Gasteiger partial charge < -0.3 is 10.1 Å². The second kappa shape index (κ2) is 9.19. The van der Waals surface area contributed by atoms with Gasteiger partial charge in [-0.05, 0) is 66.7 Å². The SMILES string of the molecule is CC(C)NC(=S)NNC(=O)c1ccc(COc2ccc3ccccc3c2)cc1. The Labute approximate surface area is 170 Å². The molecule has 144 valence electrons. The maximum Gasteiger partial charge on any atom is 0.269 e. The van der Waals surface area contributed by atoms with E-state index in [1.807, 2.05) is 56.3 Å². The maximum atomic E-state index is 12.2. The van der Waals surface area contributed by atoms with Gasteiger partial charge in [0.2, 0.25) is 0 Å². The van der Waals surface area contributed by atoms with Crippen molar-refractivity contribution in [1.82, 2.24) is 16.2 Å². The Morgan fingerprint density at radius 3 is 2.39 bits per heavy atom. The van der Waals surface area contributed by atoms with Gasteiger partial charge in [-0.3, -0.25) is 15.6 Å². The zero-order valence-electron chi connectivity index (χ0n) is 15.9. The molecule has 1 amide bonds. The molecule has 0 heterocycles. The molecule has 0 aliphatic rings. The Balaban J connectivity index is 1.53. The summed E-state index contributed by atoms with van der Waals surface area (Å²) in [5.41, 5.74) is 6.78. The van der Waals surface area contributed by atoms with E-state index in [0.29, 0.717) is 17.3 Å². The summed E-state index contributed by atoms with van der Waals surface area (Å²) in [6.45, 7) is 4.36. The summed E-state index contributed by atoms with van der Waals surface area (Å²) in [5.74, 6) is 0.561. The molecule has 0 saturated heterocycles. The number of carbonyl (C=O) groups is 1. The lowest BCUT2D eigenvalue weighted by molar-refractivity contribution is 0.0943. The van der Waals surface area contributed by atoms with Crippen molar-refractivity contribution in [2.45, 2.75) is 26.5 Å². The van der Waals surface area contributed by atoms with Crippen molar-refractivity contribution >= 4 is 34.0 Å². The summed E-state index contributed by atoms with van der Waals surface area (Å²) in [7, 11) is 0. The monoisotopic (exact) mass is 393 g/mol. The first kappa shape index (κ1) is 19.6. The molecule has 5 nitrogen and oxygen atoms in total. The van der Waals surface area contributed by atoms with E-state index in [4.69, 9.17) is 17.0 Å². The van der Waals surface area contributed by atoms with Crippen LogP contribution in [-0.4, -0.2) is 17.1 Å². The van der Waals surface area contributed by atoms with E-state index in [1.54, 1.807) is 12.1 Å². The first-order valence-electron chi connectivity index (χ1n) is 9.08. The summed E-state index contributed by atoms with van der Waals surface area (Å²) < 4.78 is 5.88. The van der Waals surface area contributed by atoms with Crippen LogP contribution in [0.2, 0.25) is 0 Å². The Morgan fingerprint density at radius 2 is 1.68 bits per heavy atom. The molecule has 0 aromatic heterocycles. The number of thiocarbonyl (C=S) groups is 1. The number of nitrogens with one attached hydrogen (secondary N) is 3. The summed E-state index contributed by atoms with van der Waals surface area (Å²) in [4.78, 5) is 12.2. The molecule has 0 atom stereocenters. The molecule has 0 bridgehead atoms. The summed E-state index contributed by atoms with van der Waals surface area (Å²) in [6.07, 6.45) is 0. The van der Waals surface area contributed by atoms with Crippen LogP contribution in [0.5, 0.6) is 5.75 Å². The van der Waals surface area contributed by atoms with Gasteiger partial charge in [0.25, 0.3) is 5.91 Å². The van der Waals surface area contributed by atoms with Gasteiger partial charge in [-0.15, -0.1) is 0 Å². The molecule has 3 aromatic rings. The van der Waals surface area contributed by atoms with E-state index in [-0.39, 0.29) is 11.9 Å². The van der Waals surface area contributed by atoms with Crippen molar-refractivity contribution in [3.63, 3.8) is 0 Å². The van der Waals surface area contributed by atoms with Crippen LogP contribution in [0.15, 0.2) is 66.7 Å². The molecule has 0 aliphatic heterocycles. The van der Waals surface area contributed by atoms with Crippen LogP contribution in [-0.2, 0) is 6.61 Å². The molecule has 0 unspecified atom stereocenters. The van der Waals surface area contributed by atoms with Crippen LogP contribution >= 0.6 is 12.2 Å². The molecular weight excluding hydrogens is 370 g/mol. The van der Waals surface area contributed by atoms with Gasteiger partial charge in [0.15, 0.2) is 5.11 Å². The standard InChI is InChI=1S/C22H23N3O2S/c1-15(2)23-22(28)25-24-21(26)18-9-7-16(8-10-18)14-27-20-12-11-17-5-3-4-6-19(17)13-20/h3-13,15H,14H2,1-2H3,(H,24,26)(H2,23,25,28). The predicted octanol–water partition coefficient (Wildman–Crippen LogP) is 3.94. The molecule has 0 saturated carbocycles. The van der Waals surface area contributed by atoms with Crippen LogP contribution in [0, 0.1) is 0 Å². The van der Waals surface area contributed by atoms with E-state index in [0.717, 1.165) is 16.7 Å². The van der Waals surface area contributed by atoms with E-state index in [9.17, 15) is 4.79 Å². The molecule has 3 aromatic carbocycles. The number of hydrazine groups is 1. The number of carbonyl (C=O) groups excluding carboxylic acids is 1. The lowest BCUT2D eigenvalue weighted by atomic mass is 10.1. The number of hydrogen-bond donors (Lipinski definition) is 3. The van der Waals surface area contributed by atoms with E-state index >= 15 is 0 Å². The van der Waals surface area contributed by atoms with Crippen molar-refractivity contribution in [1.29, 1.82) is 0 Å². The lowest BCUT2D eigenvalue weighted by Gasteiger charge is -2.14. The fourth-order valence-corrected chi connectivity index (χ4v) is 2.95. The zero-order chi connectivity index (χ0) is 19.9. The highest BCUT2D eigenvalue weighted by Crippen LogP contribution is 2.21. The second-order valence-corrected chi connectivity index (χ2v) is 7.11. The largest absolute Gasteiger partial charge is 0.489 e. The van der Waals surface area contributed by atoms with Crippen molar-refractivity contribution < 1.29 is 9.53 Å². The minimum Gasteiger partial charge on any atom is -0.489 e. The third kappa shape index (κ3) is 5.44. The van der Waals surface area contributed by atoms with Crippen molar-refractivity contribution in [3.8, 4) is 5.75 Å². The van der Waals surface area contributed by atoms with Crippen molar-refractivity contribution in [2.75, 3.05) is 0 Å². The average molecular weight is 394 g/mol. The van der Waals surface area contributed by atoms with Gasteiger partial charge in [0.05, 0.1) is 0 Å². The predicted molar refractivity (Wildman–Crippen MR) is 116 cm³/mol. The van der Waals surface area contributed by atoms with Crippen molar-refractivity contribution in [3.05, 3.63) is 77.9 Å². The summed E-state index contributed by atoms with van der Waals surface area (Å²) in [5, 5.41) is 5.69. The van der Waals surface area contributed by atoms with Gasteiger partial charge in [0.1, 0.15) is 12.4 Å². The normalized spacial score (nSPS) is 10.5. The molecule has 28 heavy (non-hydrogen) atoms. The Morgan fingerprint density at radius 1 is 0.964 bits per heavy atom. The lowest BCUT2D eigenvalue weighted by Crippen LogP contribution is -2.48. The van der Waals surface area contributed by atoms with Crippen LogP contribution in [0.3, 0.4) is 0 Å². The average Bonchev–Trinajstić information content (AvgIpc) is 2.70. The third-order valence-corrected chi connectivity index (χ3v) is 4.27. The fourth-order valence-electron chi connectivity index (χ4n) is 2.66. The first-order chi connectivity index (χ1) is 13.5. The molecule has 0 aliphatic carbocycles. The molecular formula is C22H23N3O2S. The van der Waals surface area contributed by atoms with Crippen LogP contribution < -0.4 is 20.9 Å².